The number of halogens is 2. The van der Waals surface area contributed by atoms with E-state index in [-0.39, 0.29) is 22.4 Å². The normalized spacial score (nSPS) is 11.4. The first kappa shape index (κ1) is 20.8. The van der Waals surface area contributed by atoms with Gasteiger partial charge in [-0.1, -0.05) is 13.8 Å². The maximum absolute atomic E-state index is 13.0. The molecule has 1 amide bonds. The number of aromatic amines is 1. The molecule has 0 spiro atoms. The quantitative estimate of drug-likeness (QED) is 0.408. The van der Waals surface area contributed by atoms with Gasteiger partial charge in [-0.25, -0.2) is 9.50 Å². The molecule has 2 N–H and O–H groups in total. The van der Waals surface area contributed by atoms with Crippen molar-refractivity contribution in [3.63, 3.8) is 0 Å². The van der Waals surface area contributed by atoms with Crippen LogP contribution < -0.4 is 10.1 Å². The monoisotopic (exact) mass is 444 g/mol. The van der Waals surface area contributed by atoms with E-state index in [0.29, 0.717) is 16.9 Å². The number of anilines is 1. The van der Waals surface area contributed by atoms with Crippen molar-refractivity contribution in [3.05, 3.63) is 54.6 Å². The molecule has 3 aromatic heterocycles. The van der Waals surface area contributed by atoms with Gasteiger partial charge in [0.25, 0.3) is 5.91 Å². The molecule has 160 valence electrons. The van der Waals surface area contributed by atoms with E-state index in [2.05, 4.69) is 30.3 Å². The van der Waals surface area contributed by atoms with Crippen LogP contribution in [0.4, 0.5) is 14.5 Å². The lowest BCUT2D eigenvalue weighted by Crippen LogP contribution is -2.15. The Labute approximate surface area is 180 Å². The van der Waals surface area contributed by atoms with E-state index < -0.39 is 12.5 Å². The molecular weight excluding hydrogens is 426 g/mol. The predicted octanol–water partition coefficient (Wildman–Crippen LogP) is 4.47. The summed E-state index contributed by atoms with van der Waals surface area (Å²) in [4.78, 5) is 17.8. The van der Waals surface area contributed by atoms with E-state index in [1.54, 1.807) is 42.2 Å². The molecule has 0 aliphatic heterocycles. The van der Waals surface area contributed by atoms with Crippen molar-refractivity contribution in [1.29, 1.82) is 0 Å². The summed E-state index contributed by atoms with van der Waals surface area (Å²) >= 11 is 1.57. The van der Waals surface area contributed by atoms with Gasteiger partial charge in [0.05, 0.1) is 11.9 Å². The van der Waals surface area contributed by atoms with Gasteiger partial charge in [-0.05, 0) is 30.3 Å². The van der Waals surface area contributed by atoms with Crippen molar-refractivity contribution in [2.75, 3.05) is 5.32 Å². The molecule has 0 saturated carbocycles. The highest BCUT2D eigenvalue weighted by atomic mass is 32.2. The molecule has 0 unspecified atom stereocenters. The average Bonchev–Trinajstić information content (AvgIpc) is 3.35. The number of imidazole rings is 1. The zero-order chi connectivity index (χ0) is 22.0. The third-order valence-electron chi connectivity index (χ3n) is 4.19. The first-order valence-corrected chi connectivity index (χ1v) is 10.2. The van der Waals surface area contributed by atoms with Crippen LogP contribution in [-0.4, -0.2) is 42.6 Å². The van der Waals surface area contributed by atoms with Crippen LogP contribution in [0.5, 0.6) is 5.75 Å². The van der Waals surface area contributed by atoms with Crippen LogP contribution in [0, 0.1) is 0 Å². The molecule has 0 atom stereocenters. The van der Waals surface area contributed by atoms with Crippen molar-refractivity contribution in [1.82, 2.24) is 24.8 Å². The Morgan fingerprint density at radius 3 is 2.90 bits per heavy atom. The maximum Gasteiger partial charge on any atom is 0.387 e. The summed E-state index contributed by atoms with van der Waals surface area (Å²) in [5.74, 6) is -0.514. The van der Waals surface area contributed by atoms with E-state index in [0.717, 1.165) is 4.90 Å². The van der Waals surface area contributed by atoms with Crippen molar-refractivity contribution >= 4 is 29.0 Å². The molecule has 8 nitrogen and oxygen atoms in total. The molecule has 31 heavy (non-hydrogen) atoms. The molecule has 0 aliphatic rings. The van der Waals surface area contributed by atoms with E-state index in [1.807, 2.05) is 13.8 Å². The minimum Gasteiger partial charge on any atom is -0.434 e. The SMILES string of the molecule is CC(C)Sc1ccc(OC(F)F)c(-c2n[nH]cc2NC(=O)c2cnc3cccnn23)c1. The van der Waals surface area contributed by atoms with Gasteiger partial charge in [-0.15, -0.1) is 11.8 Å². The zero-order valence-corrected chi connectivity index (χ0v) is 17.4. The Balaban J connectivity index is 1.69. The second-order valence-corrected chi connectivity index (χ2v) is 8.39. The number of fused-ring (bicyclic) bond motifs is 1. The number of hydrogen-bond donors (Lipinski definition) is 2. The Bertz CT molecular complexity index is 1220. The molecule has 3 heterocycles. The molecule has 4 rings (SSSR count). The molecule has 0 radical (unpaired) electrons. The van der Waals surface area contributed by atoms with E-state index >= 15 is 0 Å². The molecule has 11 heteroatoms. The third kappa shape index (κ3) is 4.50. The number of hydrogen-bond acceptors (Lipinski definition) is 6. The molecule has 0 bridgehead atoms. The Hall–Kier alpha value is -3.47. The number of amides is 1. The minimum absolute atomic E-state index is 0.0397. The average molecular weight is 444 g/mol. The van der Waals surface area contributed by atoms with Crippen molar-refractivity contribution < 1.29 is 18.3 Å². The molecule has 0 saturated heterocycles. The van der Waals surface area contributed by atoms with E-state index in [1.165, 1.54) is 23.0 Å². The number of carbonyl (C=O) groups excluding carboxylic acids is 1. The summed E-state index contributed by atoms with van der Waals surface area (Å²) < 4.78 is 32.0. The van der Waals surface area contributed by atoms with E-state index in [9.17, 15) is 13.6 Å². The fourth-order valence-corrected chi connectivity index (χ4v) is 3.88. The van der Waals surface area contributed by atoms with Gasteiger partial charge >= 0.3 is 6.61 Å². The second-order valence-electron chi connectivity index (χ2n) is 6.74. The number of ether oxygens (including phenoxy) is 1. The van der Waals surface area contributed by atoms with Crippen molar-refractivity contribution in [2.45, 2.75) is 30.6 Å². The van der Waals surface area contributed by atoms with Crippen molar-refractivity contribution in [2.24, 2.45) is 0 Å². The number of thioether (sulfide) groups is 1. The van der Waals surface area contributed by atoms with Gasteiger partial charge in [0.1, 0.15) is 11.4 Å². The van der Waals surface area contributed by atoms with Crippen LogP contribution in [-0.2, 0) is 0 Å². The second kappa shape index (κ2) is 8.72. The minimum atomic E-state index is -3.00. The summed E-state index contributed by atoms with van der Waals surface area (Å²) in [5, 5.41) is 14.0. The van der Waals surface area contributed by atoms with E-state index in [4.69, 9.17) is 0 Å². The van der Waals surface area contributed by atoms with Gasteiger partial charge in [-0.3, -0.25) is 9.89 Å². The lowest BCUT2D eigenvalue weighted by atomic mass is 10.1. The Morgan fingerprint density at radius 2 is 2.13 bits per heavy atom. The van der Waals surface area contributed by atoms with Gasteiger partial charge in [-0.2, -0.15) is 19.0 Å². The van der Waals surface area contributed by atoms with Crippen molar-refractivity contribution in [3.8, 4) is 17.0 Å². The number of benzene rings is 1. The third-order valence-corrected chi connectivity index (χ3v) is 5.19. The first-order valence-electron chi connectivity index (χ1n) is 9.32. The van der Waals surface area contributed by atoms with Gasteiger partial charge < -0.3 is 10.1 Å². The summed E-state index contributed by atoms with van der Waals surface area (Å²) in [6.45, 7) is 1.05. The number of rotatable bonds is 7. The highest BCUT2D eigenvalue weighted by molar-refractivity contribution is 7.99. The van der Waals surface area contributed by atoms with Gasteiger partial charge in [0.2, 0.25) is 0 Å². The fraction of sp³-hybridized carbons (Fsp3) is 0.200. The number of alkyl halides is 2. The molecule has 4 aromatic rings. The lowest BCUT2D eigenvalue weighted by Gasteiger charge is -2.13. The van der Waals surface area contributed by atoms with Crippen LogP contribution in [0.1, 0.15) is 24.3 Å². The highest BCUT2D eigenvalue weighted by Crippen LogP contribution is 2.38. The first-order chi connectivity index (χ1) is 14.9. The summed E-state index contributed by atoms with van der Waals surface area (Å²) in [5.41, 5.74) is 1.65. The summed E-state index contributed by atoms with van der Waals surface area (Å²) in [6.07, 6.45) is 4.42. The van der Waals surface area contributed by atoms with Crippen LogP contribution in [0.2, 0.25) is 0 Å². The smallest absolute Gasteiger partial charge is 0.387 e. The number of H-pyrrole nitrogens is 1. The number of carbonyl (C=O) groups is 1. The largest absolute Gasteiger partial charge is 0.434 e. The fourth-order valence-electron chi connectivity index (χ4n) is 3.00. The number of nitrogens with zero attached hydrogens (tertiary/aromatic N) is 4. The maximum atomic E-state index is 13.0. The number of aromatic nitrogens is 5. The molecular formula is C20H18F2N6O2S. The predicted molar refractivity (Wildman–Crippen MR) is 113 cm³/mol. The standard InChI is InChI=1S/C20H18F2N6O2S/c1-11(2)31-12-5-6-16(30-20(21)22)13(8-12)18-14(9-24-27-18)26-19(29)15-10-23-17-4-3-7-25-28(15)17/h3-11,20H,1-2H3,(H,24,27)(H,26,29). The van der Waals surface area contributed by atoms with Gasteiger partial charge in [0.15, 0.2) is 11.3 Å². The Morgan fingerprint density at radius 1 is 1.29 bits per heavy atom. The van der Waals surface area contributed by atoms with Crippen LogP contribution in [0.15, 0.2) is 53.8 Å². The van der Waals surface area contributed by atoms with Gasteiger partial charge in [0, 0.05) is 28.1 Å². The summed E-state index contributed by atoms with van der Waals surface area (Å²) in [6, 6.07) is 8.33. The lowest BCUT2D eigenvalue weighted by molar-refractivity contribution is -0.0494. The molecule has 1 aromatic carbocycles. The van der Waals surface area contributed by atoms with Crippen LogP contribution in [0.3, 0.4) is 0 Å². The van der Waals surface area contributed by atoms with Crippen LogP contribution in [0.25, 0.3) is 16.9 Å². The number of nitrogens with one attached hydrogen (secondary N) is 2. The Kier molecular flexibility index (Phi) is 5.85. The zero-order valence-electron chi connectivity index (χ0n) is 16.5. The van der Waals surface area contributed by atoms with Crippen LogP contribution >= 0.6 is 11.8 Å². The summed E-state index contributed by atoms with van der Waals surface area (Å²) in [7, 11) is 0. The molecule has 0 aliphatic carbocycles. The highest BCUT2D eigenvalue weighted by Gasteiger charge is 2.21. The molecule has 0 fully saturated rings. The topological polar surface area (TPSA) is 97.2 Å².